The summed E-state index contributed by atoms with van der Waals surface area (Å²) in [6.45, 7) is 1.93. The summed E-state index contributed by atoms with van der Waals surface area (Å²) >= 11 is 0. The van der Waals surface area contributed by atoms with E-state index in [2.05, 4.69) is 5.32 Å². The molecule has 0 saturated carbocycles. The number of methoxy groups -OCH3 is 1. The predicted molar refractivity (Wildman–Crippen MR) is 57.9 cm³/mol. The highest BCUT2D eigenvalue weighted by Crippen LogP contribution is 2.34. The molecule has 15 heavy (non-hydrogen) atoms. The molecule has 1 aliphatic heterocycles. The van der Waals surface area contributed by atoms with E-state index in [-0.39, 0.29) is 11.9 Å². The third kappa shape index (κ3) is 1.68. The van der Waals surface area contributed by atoms with Gasteiger partial charge in [-0.3, -0.25) is 4.79 Å². The highest BCUT2D eigenvalue weighted by molar-refractivity contribution is 5.95. The Morgan fingerprint density at radius 1 is 1.53 bits per heavy atom. The Hall–Kier alpha value is -1.55. The van der Waals surface area contributed by atoms with Gasteiger partial charge in [-0.15, -0.1) is 0 Å². The fraction of sp³-hybridized carbons (Fsp3) is 0.364. The second-order valence-electron chi connectivity index (χ2n) is 3.77. The SMILES string of the molecule is COc1cc(C)c2c(c1)C(N)CC(=O)N2. The first-order chi connectivity index (χ1) is 7.11. The molecule has 0 aromatic heterocycles. The standard InChI is InChI=1S/C11H14N2O2/c1-6-3-7(15-2)4-8-9(12)5-10(14)13-11(6)8/h3-4,9H,5,12H2,1-2H3,(H,13,14). The monoisotopic (exact) mass is 206 g/mol. The van der Waals surface area contributed by atoms with Crippen LogP contribution in [-0.4, -0.2) is 13.0 Å². The zero-order valence-electron chi connectivity index (χ0n) is 8.83. The van der Waals surface area contributed by atoms with Gasteiger partial charge >= 0.3 is 0 Å². The predicted octanol–water partition coefficient (Wildman–Crippen LogP) is 1.35. The fourth-order valence-corrected chi connectivity index (χ4v) is 1.86. The van der Waals surface area contributed by atoms with Crippen molar-refractivity contribution in [3.05, 3.63) is 23.3 Å². The van der Waals surface area contributed by atoms with Crippen molar-refractivity contribution >= 4 is 11.6 Å². The van der Waals surface area contributed by atoms with Crippen molar-refractivity contribution in [1.82, 2.24) is 0 Å². The average molecular weight is 206 g/mol. The van der Waals surface area contributed by atoms with Crippen molar-refractivity contribution in [3.63, 3.8) is 0 Å². The Kier molecular flexibility index (Phi) is 2.36. The number of carbonyl (C=O) groups excluding carboxylic acids is 1. The van der Waals surface area contributed by atoms with Crippen molar-refractivity contribution in [3.8, 4) is 5.75 Å². The van der Waals surface area contributed by atoms with Crippen LogP contribution in [0.25, 0.3) is 0 Å². The average Bonchev–Trinajstić information content (AvgIpc) is 2.19. The maximum absolute atomic E-state index is 11.3. The van der Waals surface area contributed by atoms with Crippen molar-refractivity contribution < 1.29 is 9.53 Å². The van der Waals surface area contributed by atoms with E-state index in [9.17, 15) is 4.79 Å². The lowest BCUT2D eigenvalue weighted by Gasteiger charge is -2.24. The van der Waals surface area contributed by atoms with Crippen LogP contribution in [0.15, 0.2) is 12.1 Å². The number of hydrogen-bond donors (Lipinski definition) is 2. The van der Waals surface area contributed by atoms with E-state index in [0.29, 0.717) is 6.42 Å². The molecule has 0 fully saturated rings. The molecule has 4 nitrogen and oxygen atoms in total. The Morgan fingerprint density at radius 2 is 2.27 bits per heavy atom. The van der Waals surface area contributed by atoms with Gasteiger partial charge in [-0.1, -0.05) is 0 Å². The molecule has 0 bridgehead atoms. The second kappa shape index (κ2) is 3.55. The van der Waals surface area contributed by atoms with Crippen molar-refractivity contribution in [2.75, 3.05) is 12.4 Å². The minimum Gasteiger partial charge on any atom is -0.497 e. The molecule has 1 amide bonds. The molecule has 0 saturated heterocycles. The van der Waals surface area contributed by atoms with Gasteiger partial charge in [0, 0.05) is 18.2 Å². The number of amides is 1. The summed E-state index contributed by atoms with van der Waals surface area (Å²) in [5.74, 6) is 0.751. The lowest BCUT2D eigenvalue weighted by atomic mass is 9.95. The quantitative estimate of drug-likeness (QED) is 0.728. The highest BCUT2D eigenvalue weighted by atomic mass is 16.5. The number of anilines is 1. The van der Waals surface area contributed by atoms with Gasteiger partial charge in [-0.05, 0) is 30.2 Å². The van der Waals surface area contributed by atoms with Crippen LogP contribution in [-0.2, 0) is 4.79 Å². The lowest BCUT2D eigenvalue weighted by molar-refractivity contribution is -0.116. The normalized spacial score (nSPS) is 19.4. The number of rotatable bonds is 1. The summed E-state index contributed by atoms with van der Waals surface area (Å²) in [5.41, 5.74) is 8.68. The van der Waals surface area contributed by atoms with Crippen LogP contribution in [0.5, 0.6) is 5.75 Å². The van der Waals surface area contributed by atoms with Gasteiger partial charge in [0.15, 0.2) is 0 Å². The molecule has 1 atom stereocenters. The summed E-state index contributed by atoms with van der Waals surface area (Å²) in [6.07, 6.45) is 0.333. The van der Waals surface area contributed by atoms with Gasteiger partial charge in [-0.25, -0.2) is 0 Å². The summed E-state index contributed by atoms with van der Waals surface area (Å²) in [5, 5.41) is 2.84. The Labute approximate surface area is 88.4 Å². The zero-order valence-corrected chi connectivity index (χ0v) is 8.83. The van der Waals surface area contributed by atoms with Crippen LogP contribution >= 0.6 is 0 Å². The minimum atomic E-state index is -0.234. The van der Waals surface area contributed by atoms with Gasteiger partial charge in [0.1, 0.15) is 5.75 Å². The van der Waals surface area contributed by atoms with Crippen LogP contribution in [0.4, 0.5) is 5.69 Å². The number of benzene rings is 1. The summed E-state index contributed by atoms with van der Waals surface area (Å²) in [7, 11) is 1.62. The van der Waals surface area contributed by atoms with Gasteiger partial charge < -0.3 is 15.8 Å². The Morgan fingerprint density at radius 3 is 2.93 bits per heavy atom. The van der Waals surface area contributed by atoms with Crippen molar-refractivity contribution in [2.45, 2.75) is 19.4 Å². The molecule has 80 valence electrons. The Balaban J connectivity index is 2.54. The first-order valence-electron chi connectivity index (χ1n) is 4.86. The lowest BCUT2D eigenvalue weighted by Crippen LogP contribution is -2.27. The highest BCUT2D eigenvalue weighted by Gasteiger charge is 2.24. The van der Waals surface area contributed by atoms with Gasteiger partial charge in [0.25, 0.3) is 0 Å². The smallest absolute Gasteiger partial charge is 0.226 e. The van der Waals surface area contributed by atoms with Crippen molar-refractivity contribution in [2.24, 2.45) is 5.73 Å². The minimum absolute atomic E-state index is 0.0248. The molecule has 0 aliphatic carbocycles. The van der Waals surface area contributed by atoms with E-state index < -0.39 is 0 Å². The maximum atomic E-state index is 11.3. The first-order valence-corrected chi connectivity index (χ1v) is 4.86. The molecule has 4 heteroatoms. The molecule has 1 aromatic rings. The maximum Gasteiger partial charge on any atom is 0.226 e. The van der Waals surface area contributed by atoms with Gasteiger partial charge in [0.05, 0.1) is 7.11 Å². The summed E-state index contributed by atoms with van der Waals surface area (Å²) in [4.78, 5) is 11.3. The second-order valence-corrected chi connectivity index (χ2v) is 3.77. The third-order valence-corrected chi connectivity index (χ3v) is 2.64. The molecule has 1 aliphatic rings. The van der Waals surface area contributed by atoms with E-state index in [4.69, 9.17) is 10.5 Å². The molecule has 1 aromatic carbocycles. The molecule has 1 unspecified atom stereocenters. The third-order valence-electron chi connectivity index (χ3n) is 2.64. The van der Waals surface area contributed by atoms with Crippen LogP contribution in [0.1, 0.15) is 23.6 Å². The molecule has 0 spiro atoms. The molecular formula is C11H14N2O2. The van der Waals surface area contributed by atoms with E-state index >= 15 is 0 Å². The summed E-state index contributed by atoms with van der Waals surface area (Å²) in [6, 6.07) is 3.53. The largest absolute Gasteiger partial charge is 0.497 e. The molecule has 1 heterocycles. The first kappa shape index (κ1) is 9.98. The van der Waals surface area contributed by atoms with E-state index in [1.165, 1.54) is 0 Å². The Bertz CT molecular complexity index is 415. The fourth-order valence-electron chi connectivity index (χ4n) is 1.86. The number of nitrogens with one attached hydrogen (secondary N) is 1. The van der Waals surface area contributed by atoms with E-state index in [0.717, 1.165) is 22.6 Å². The number of hydrogen-bond acceptors (Lipinski definition) is 3. The molecule has 2 rings (SSSR count). The number of aryl methyl sites for hydroxylation is 1. The zero-order chi connectivity index (χ0) is 11.0. The van der Waals surface area contributed by atoms with Crippen LogP contribution in [0, 0.1) is 6.92 Å². The van der Waals surface area contributed by atoms with Crippen LogP contribution in [0.2, 0.25) is 0 Å². The molecular weight excluding hydrogens is 192 g/mol. The number of ether oxygens (including phenoxy) is 1. The molecule has 0 radical (unpaired) electrons. The van der Waals surface area contributed by atoms with Crippen LogP contribution < -0.4 is 15.8 Å². The number of carbonyl (C=O) groups is 1. The van der Waals surface area contributed by atoms with E-state index in [1.54, 1.807) is 7.11 Å². The summed E-state index contributed by atoms with van der Waals surface area (Å²) < 4.78 is 5.17. The van der Waals surface area contributed by atoms with E-state index in [1.807, 2.05) is 19.1 Å². The topological polar surface area (TPSA) is 64.3 Å². The van der Waals surface area contributed by atoms with Crippen LogP contribution in [0.3, 0.4) is 0 Å². The van der Waals surface area contributed by atoms with Gasteiger partial charge in [0.2, 0.25) is 5.91 Å². The van der Waals surface area contributed by atoms with Gasteiger partial charge in [-0.2, -0.15) is 0 Å². The number of nitrogens with two attached hydrogens (primary N) is 1. The number of fused-ring (bicyclic) bond motifs is 1. The molecule has 3 N–H and O–H groups in total. The van der Waals surface area contributed by atoms with Crippen molar-refractivity contribution in [1.29, 1.82) is 0 Å².